The number of aliphatic hydroxyl groups is 1. The second kappa shape index (κ2) is 8.57. The molecule has 0 amide bonds. The van der Waals surface area contributed by atoms with E-state index in [0.717, 1.165) is 22.3 Å². The lowest BCUT2D eigenvalue weighted by Crippen LogP contribution is -2.17. The molecule has 0 aliphatic rings. The van der Waals surface area contributed by atoms with Gasteiger partial charge in [0.1, 0.15) is 11.4 Å². The molecular weight excluding hydrogens is 440 g/mol. The van der Waals surface area contributed by atoms with E-state index in [1.54, 1.807) is 49.1 Å². The highest BCUT2D eigenvalue weighted by molar-refractivity contribution is 6.30. The van der Waals surface area contributed by atoms with Gasteiger partial charge >= 0.3 is 0 Å². The molecule has 0 aliphatic heterocycles. The normalized spacial score (nSPS) is 12.2. The van der Waals surface area contributed by atoms with Gasteiger partial charge in [-0.2, -0.15) is 0 Å². The van der Waals surface area contributed by atoms with Crippen LogP contribution in [0.15, 0.2) is 72.2 Å². The lowest BCUT2D eigenvalue weighted by atomic mass is 10.1. The third kappa shape index (κ3) is 4.13. The van der Waals surface area contributed by atoms with Crippen LogP contribution in [0, 0.1) is 6.92 Å². The minimum absolute atomic E-state index is 0.195. The summed E-state index contributed by atoms with van der Waals surface area (Å²) in [5.74, 6) is 0.442. The first-order valence-corrected chi connectivity index (χ1v) is 10.8. The molecule has 8 nitrogen and oxygen atoms in total. The number of nitrogens with one attached hydrogen (secondary N) is 3. The quantitative estimate of drug-likeness (QED) is 0.303. The molecule has 33 heavy (non-hydrogen) atoms. The zero-order valence-electron chi connectivity index (χ0n) is 17.7. The SMILES string of the molecule is Cc1cc(-n2ccnc2)cc2[nH]c(-c3c(NC[C@@H](O)c4cccc(Cl)c4)cc[nH]c3=O)nc12. The van der Waals surface area contributed by atoms with Gasteiger partial charge in [0.2, 0.25) is 0 Å². The van der Waals surface area contributed by atoms with Crippen LogP contribution in [0.1, 0.15) is 17.2 Å². The van der Waals surface area contributed by atoms with Crippen LogP contribution in [-0.4, -0.2) is 36.2 Å². The first-order valence-electron chi connectivity index (χ1n) is 10.4. The highest BCUT2D eigenvalue weighted by Crippen LogP contribution is 2.28. The van der Waals surface area contributed by atoms with Crippen molar-refractivity contribution < 1.29 is 5.11 Å². The Bertz CT molecular complexity index is 1490. The van der Waals surface area contributed by atoms with Crippen molar-refractivity contribution in [2.24, 2.45) is 0 Å². The Morgan fingerprint density at radius 3 is 2.91 bits per heavy atom. The van der Waals surface area contributed by atoms with E-state index in [-0.39, 0.29) is 12.1 Å². The first kappa shape index (κ1) is 21.0. The van der Waals surface area contributed by atoms with Crippen molar-refractivity contribution in [3.05, 3.63) is 93.9 Å². The molecule has 0 saturated carbocycles. The van der Waals surface area contributed by atoms with Crippen LogP contribution >= 0.6 is 11.6 Å². The van der Waals surface area contributed by atoms with Crippen LogP contribution in [-0.2, 0) is 0 Å². The van der Waals surface area contributed by atoms with Crippen LogP contribution < -0.4 is 10.9 Å². The molecule has 0 aliphatic carbocycles. The molecule has 0 fully saturated rings. The van der Waals surface area contributed by atoms with Crippen LogP contribution in [0.3, 0.4) is 0 Å². The number of imidazole rings is 2. The van der Waals surface area contributed by atoms with Crippen molar-refractivity contribution >= 4 is 28.3 Å². The number of aryl methyl sites for hydroxylation is 1. The summed E-state index contributed by atoms with van der Waals surface area (Å²) < 4.78 is 1.91. The van der Waals surface area contributed by atoms with Crippen LogP contribution in [0.2, 0.25) is 5.02 Å². The van der Waals surface area contributed by atoms with E-state index < -0.39 is 6.10 Å². The summed E-state index contributed by atoms with van der Waals surface area (Å²) in [7, 11) is 0. The molecule has 3 aromatic heterocycles. The molecule has 5 aromatic rings. The van der Waals surface area contributed by atoms with E-state index in [0.29, 0.717) is 27.7 Å². The van der Waals surface area contributed by atoms with Gasteiger partial charge in [-0.1, -0.05) is 23.7 Å². The number of hydrogen-bond donors (Lipinski definition) is 4. The zero-order chi connectivity index (χ0) is 22.9. The molecule has 2 aromatic carbocycles. The summed E-state index contributed by atoms with van der Waals surface area (Å²) in [6, 6.07) is 12.8. The van der Waals surface area contributed by atoms with Gasteiger partial charge < -0.3 is 25.0 Å². The summed E-state index contributed by atoms with van der Waals surface area (Å²) in [4.78, 5) is 27.6. The lowest BCUT2D eigenvalue weighted by Gasteiger charge is -2.15. The van der Waals surface area contributed by atoms with Crippen molar-refractivity contribution in [3.8, 4) is 17.1 Å². The summed E-state index contributed by atoms with van der Waals surface area (Å²) in [6.07, 6.45) is 6.08. The highest BCUT2D eigenvalue weighted by atomic mass is 35.5. The molecule has 3 heterocycles. The fraction of sp³-hybridized carbons (Fsp3) is 0.125. The van der Waals surface area contributed by atoms with Crippen molar-refractivity contribution in [2.45, 2.75) is 13.0 Å². The second-order valence-corrected chi connectivity index (χ2v) is 8.20. The standard InChI is InChI=1S/C24H21ClN6O2/c1-14-9-17(31-8-7-26-13-31)11-19-22(14)30-23(29-19)21-18(5-6-27-24(21)33)28-12-20(32)15-3-2-4-16(25)10-15/h2-11,13,20,32H,12H2,1H3,(H,29,30)(H2,27,28,33)/t20-/m1/s1. The maximum Gasteiger partial charge on any atom is 0.261 e. The molecule has 0 bridgehead atoms. The molecule has 0 spiro atoms. The van der Waals surface area contributed by atoms with Crippen LogP contribution in [0.4, 0.5) is 5.69 Å². The molecule has 0 unspecified atom stereocenters. The van der Waals surface area contributed by atoms with E-state index in [1.807, 2.05) is 29.8 Å². The van der Waals surface area contributed by atoms with E-state index >= 15 is 0 Å². The average molecular weight is 461 g/mol. The van der Waals surface area contributed by atoms with Crippen LogP contribution in [0.5, 0.6) is 0 Å². The van der Waals surface area contributed by atoms with Gasteiger partial charge in [-0.15, -0.1) is 0 Å². The van der Waals surface area contributed by atoms with Gasteiger partial charge in [-0.3, -0.25) is 4.79 Å². The number of benzene rings is 2. The van der Waals surface area contributed by atoms with Gasteiger partial charge in [0.05, 0.1) is 29.2 Å². The predicted molar refractivity (Wildman–Crippen MR) is 129 cm³/mol. The summed E-state index contributed by atoms with van der Waals surface area (Å²) in [5, 5.41) is 14.3. The van der Waals surface area contributed by atoms with Crippen molar-refractivity contribution in [1.29, 1.82) is 0 Å². The highest BCUT2D eigenvalue weighted by Gasteiger charge is 2.17. The molecule has 9 heteroatoms. The second-order valence-electron chi connectivity index (χ2n) is 7.76. The molecule has 0 radical (unpaired) electrons. The number of aromatic nitrogens is 5. The number of halogens is 1. The molecule has 5 rings (SSSR count). The van der Waals surface area contributed by atoms with E-state index in [1.165, 1.54) is 0 Å². The molecule has 0 saturated heterocycles. The van der Waals surface area contributed by atoms with Crippen molar-refractivity contribution in [3.63, 3.8) is 0 Å². The number of fused-ring (bicyclic) bond motifs is 1. The monoisotopic (exact) mass is 460 g/mol. The summed E-state index contributed by atoms with van der Waals surface area (Å²) >= 11 is 6.03. The molecule has 1 atom stereocenters. The number of nitrogens with zero attached hydrogens (tertiary/aromatic N) is 3. The molecule has 4 N–H and O–H groups in total. The van der Waals surface area contributed by atoms with Crippen molar-refractivity contribution in [2.75, 3.05) is 11.9 Å². The average Bonchev–Trinajstić information content (AvgIpc) is 3.48. The summed E-state index contributed by atoms with van der Waals surface area (Å²) in [6.45, 7) is 2.17. The van der Waals surface area contributed by atoms with Gasteiger partial charge in [-0.25, -0.2) is 9.97 Å². The Hall–Kier alpha value is -3.88. The number of pyridine rings is 1. The Morgan fingerprint density at radius 2 is 2.12 bits per heavy atom. The van der Waals surface area contributed by atoms with E-state index in [2.05, 4.69) is 20.3 Å². The van der Waals surface area contributed by atoms with E-state index in [4.69, 9.17) is 16.6 Å². The lowest BCUT2D eigenvalue weighted by molar-refractivity contribution is 0.191. The summed E-state index contributed by atoms with van der Waals surface area (Å²) in [5.41, 5.74) is 4.83. The number of anilines is 1. The number of aromatic amines is 2. The van der Waals surface area contributed by atoms with Gasteiger partial charge in [0.15, 0.2) is 0 Å². The Balaban J connectivity index is 1.49. The smallest absolute Gasteiger partial charge is 0.261 e. The number of rotatable bonds is 6. The Labute approximate surface area is 193 Å². The van der Waals surface area contributed by atoms with E-state index in [9.17, 15) is 9.90 Å². The maximum absolute atomic E-state index is 12.8. The predicted octanol–water partition coefficient (Wildman–Crippen LogP) is 4.21. The van der Waals surface area contributed by atoms with Crippen LogP contribution in [0.25, 0.3) is 28.1 Å². The van der Waals surface area contributed by atoms with Gasteiger partial charge in [0.25, 0.3) is 5.56 Å². The first-order chi connectivity index (χ1) is 16.0. The molecule has 166 valence electrons. The fourth-order valence-corrected chi connectivity index (χ4v) is 4.05. The number of hydrogen-bond acceptors (Lipinski definition) is 5. The van der Waals surface area contributed by atoms with Crippen molar-refractivity contribution in [1.82, 2.24) is 24.5 Å². The number of aliphatic hydroxyl groups excluding tert-OH is 1. The topological polar surface area (TPSA) is 112 Å². The Kier molecular flexibility index (Phi) is 5.45. The minimum atomic E-state index is -0.800. The number of H-pyrrole nitrogens is 2. The largest absolute Gasteiger partial charge is 0.387 e. The van der Waals surface area contributed by atoms with Gasteiger partial charge in [0, 0.05) is 35.8 Å². The minimum Gasteiger partial charge on any atom is -0.387 e. The third-order valence-electron chi connectivity index (χ3n) is 5.48. The fourth-order valence-electron chi connectivity index (χ4n) is 3.85. The Morgan fingerprint density at radius 1 is 1.24 bits per heavy atom. The third-order valence-corrected chi connectivity index (χ3v) is 5.72. The molecular formula is C24H21ClN6O2. The van der Waals surface area contributed by atoms with Gasteiger partial charge in [-0.05, 0) is 48.4 Å². The zero-order valence-corrected chi connectivity index (χ0v) is 18.5. The maximum atomic E-state index is 12.8.